The lowest BCUT2D eigenvalue weighted by Crippen LogP contribution is -2.41. The molecular weight excluding hydrogens is 369 g/mol. The molecule has 5 N–H and O–H groups in total. The van der Waals surface area contributed by atoms with Crippen LogP contribution in [0, 0.1) is 11.7 Å². The lowest BCUT2D eigenvalue weighted by Gasteiger charge is -2.26. The summed E-state index contributed by atoms with van der Waals surface area (Å²) >= 11 is 0. The Morgan fingerprint density at radius 1 is 1.24 bits per heavy atom. The first-order valence-corrected chi connectivity index (χ1v) is 9.86. The zero-order valence-corrected chi connectivity index (χ0v) is 16.6. The van der Waals surface area contributed by atoms with Gasteiger partial charge in [0.1, 0.15) is 5.82 Å². The van der Waals surface area contributed by atoms with Gasteiger partial charge in [-0.25, -0.2) is 9.37 Å². The smallest absolute Gasteiger partial charge is 0.287 e. The molecule has 3 aromatic rings. The summed E-state index contributed by atoms with van der Waals surface area (Å²) in [6.45, 7) is 5.47. The van der Waals surface area contributed by atoms with Gasteiger partial charge in [-0.3, -0.25) is 4.79 Å². The molecule has 4 rings (SSSR count). The number of aromatic nitrogens is 2. The SMILES string of the molecule is CC(C)(N)[C@@H]1CN[C@H](CNC(=O)c2nc3ccc(-c4ccc(F)cc4)cc3[nH]2)C1. The normalized spacial score (nSPS) is 19.6. The molecular formula is C22H26FN5O. The number of amides is 1. The van der Waals surface area contributed by atoms with Crippen LogP contribution < -0.4 is 16.4 Å². The van der Waals surface area contributed by atoms with Gasteiger partial charge in [-0.05, 0) is 61.6 Å². The van der Waals surface area contributed by atoms with Crippen LogP contribution >= 0.6 is 0 Å². The van der Waals surface area contributed by atoms with E-state index in [1.165, 1.54) is 12.1 Å². The first-order chi connectivity index (χ1) is 13.8. The highest BCUT2D eigenvalue weighted by Gasteiger charge is 2.33. The Bertz CT molecular complexity index is 1020. The van der Waals surface area contributed by atoms with Crippen molar-refractivity contribution < 1.29 is 9.18 Å². The lowest BCUT2D eigenvalue weighted by atomic mass is 9.86. The van der Waals surface area contributed by atoms with Crippen molar-refractivity contribution in [2.24, 2.45) is 11.7 Å². The summed E-state index contributed by atoms with van der Waals surface area (Å²) < 4.78 is 13.1. The van der Waals surface area contributed by atoms with Crippen LogP contribution in [0.4, 0.5) is 4.39 Å². The summed E-state index contributed by atoms with van der Waals surface area (Å²) in [5, 5.41) is 6.37. The number of nitrogens with one attached hydrogen (secondary N) is 3. The van der Waals surface area contributed by atoms with E-state index in [-0.39, 0.29) is 29.1 Å². The molecule has 29 heavy (non-hydrogen) atoms. The van der Waals surface area contributed by atoms with Gasteiger partial charge in [0, 0.05) is 24.7 Å². The summed E-state index contributed by atoms with van der Waals surface area (Å²) in [6, 6.07) is 12.2. The fourth-order valence-corrected chi connectivity index (χ4v) is 3.78. The average molecular weight is 395 g/mol. The molecule has 6 nitrogen and oxygen atoms in total. The largest absolute Gasteiger partial charge is 0.348 e. The van der Waals surface area contributed by atoms with Crippen LogP contribution in [0.2, 0.25) is 0 Å². The van der Waals surface area contributed by atoms with Crippen molar-refractivity contribution in [3.63, 3.8) is 0 Å². The van der Waals surface area contributed by atoms with Crippen molar-refractivity contribution in [1.82, 2.24) is 20.6 Å². The van der Waals surface area contributed by atoms with Gasteiger partial charge in [-0.15, -0.1) is 0 Å². The van der Waals surface area contributed by atoms with Crippen LogP contribution in [0.5, 0.6) is 0 Å². The molecule has 2 heterocycles. The molecule has 1 amide bonds. The first kappa shape index (κ1) is 19.5. The predicted octanol–water partition coefficient (Wildman–Crippen LogP) is 2.81. The number of carbonyl (C=O) groups excluding carboxylic acids is 1. The summed E-state index contributed by atoms with van der Waals surface area (Å²) in [5.74, 6) is 0.167. The van der Waals surface area contributed by atoms with Crippen LogP contribution in [0.1, 0.15) is 30.9 Å². The number of nitrogens with two attached hydrogens (primary N) is 1. The number of hydrogen-bond acceptors (Lipinski definition) is 4. The molecule has 2 aromatic carbocycles. The Morgan fingerprint density at radius 2 is 1.97 bits per heavy atom. The molecule has 1 saturated heterocycles. The van der Waals surface area contributed by atoms with E-state index in [1.807, 2.05) is 32.0 Å². The Kier molecular flexibility index (Phi) is 5.10. The highest BCUT2D eigenvalue weighted by molar-refractivity contribution is 5.94. The second-order valence-corrected chi connectivity index (χ2v) is 8.39. The van der Waals surface area contributed by atoms with E-state index < -0.39 is 0 Å². The molecule has 0 spiro atoms. The maximum atomic E-state index is 13.1. The number of nitrogens with zero attached hydrogens (tertiary/aromatic N) is 1. The second kappa shape index (κ2) is 7.57. The predicted molar refractivity (Wildman–Crippen MR) is 112 cm³/mol. The van der Waals surface area contributed by atoms with E-state index in [0.717, 1.165) is 29.6 Å². The average Bonchev–Trinajstić information content (AvgIpc) is 3.33. The zero-order chi connectivity index (χ0) is 20.6. The van der Waals surface area contributed by atoms with Crippen LogP contribution in [0.15, 0.2) is 42.5 Å². The van der Waals surface area contributed by atoms with Crippen molar-refractivity contribution in [2.45, 2.75) is 31.8 Å². The fraction of sp³-hybridized carbons (Fsp3) is 0.364. The highest BCUT2D eigenvalue weighted by atomic mass is 19.1. The first-order valence-electron chi connectivity index (χ1n) is 9.86. The Labute approximate surface area is 169 Å². The minimum absolute atomic E-state index is 0.209. The minimum Gasteiger partial charge on any atom is -0.348 e. The Balaban J connectivity index is 1.43. The molecule has 0 bridgehead atoms. The Hall–Kier alpha value is -2.77. The molecule has 2 atom stereocenters. The molecule has 7 heteroatoms. The standard InChI is InChI=1S/C22H26FN5O/c1-22(2,24)15-10-17(25-11-15)12-26-21(29)20-27-18-8-5-14(9-19(18)28-20)13-3-6-16(23)7-4-13/h3-9,15,17,25H,10-12,24H2,1-2H3,(H,26,29)(H,27,28)/t15-,17-/m0/s1. The molecule has 0 saturated carbocycles. The van der Waals surface area contributed by atoms with Gasteiger partial charge in [0.15, 0.2) is 5.82 Å². The molecule has 0 radical (unpaired) electrons. The van der Waals surface area contributed by atoms with Gasteiger partial charge in [0.25, 0.3) is 5.91 Å². The fourth-order valence-electron chi connectivity index (χ4n) is 3.78. The van der Waals surface area contributed by atoms with Crippen LogP contribution in [0.3, 0.4) is 0 Å². The topological polar surface area (TPSA) is 95.8 Å². The number of halogens is 1. The van der Waals surface area contributed by atoms with E-state index in [2.05, 4.69) is 20.6 Å². The molecule has 0 aliphatic carbocycles. The number of hydrogen-bond donors (Lipinski definition) is 4. The van der Waals surface area contributed by atoms with E-state index in [4.69, 9.17) is 5.73 Å². The van der Waals surface area contributed by atoms with Crippen LogP contribution in [-0.2, 0) is 0 Å². The Morgan fingerprint density at radius 3 is 2.66 bits per heavy atom. The lowest BCUT2D eigenvalue weighted by molar-refractivity contribution is 0.0941. The van der Waals surface area contributed by atoms with Crippen molar-refractivity contribution >= 4 is 16.9 Å². The second-order valence-electron chi connectivity index (χ2n) is 8.39. The van der Waals surface area contributed by atoms with E-state index in [0.29, 0.717) is 18.0 Å². The van der Waals surface area contributed by atoms with Crippen molar-refractivity contribution in [3.05, 3.63) is 54.1 Å². The number of carbonyl (C=O) groups is 1. The summed E-state index contributed by atoms with van der Waals surface area (Å²) in [7, 11) is 0. The van der Waals surface area contributed by atoms with Crippen LogP contribution in [0.25, 0.3) is 22.2 Å². The molecule has 1 aromatic heterocycles. The van der Waals surface area contributed by atoms with Gasteiger partial charge in [-0.1, -0.05) is 18.2 Å². The van der Waals surface area contributed by atoms with Gasteiger partial charge < -0.3 is 21.4 Å². The molecule has 0 unspecified atom stereocenters. The van der Waals surface area contributed by atoms with Gasteiger partial charge in [0.2, 0.25) is 0 Å². The van der Waals surface area contributed by atoms with E-state index in [9.17, 15) is 9.18 Å². The van der Waals surface area contributed by atoms with Crippen LogP contribution in [-0.4, -0.2) is 40.5 Å². The molecule has 1 aliphatic rings. The maximum Gasteiger partial charge on any atom is 0.287 e. The van der Waals surface area contributed by atoms with Crippen molar-refractivity contribution in [1.29, 1.82) is 0 Å². The van der Waals surface area contributed by atoms with Crippen molar-refractivity contribution in [3.8, 4) is 11.1 Å². The summed E-state index contributed by atoms with van der Waals surface area (Å²) in [4.78, 5) is 20.0. The number of imidazole rings is 1. The minimum atomic E-state index is -0.270. The number of fused-ring (bicyclic) bond motifs is 1. The monoisotopic (exact) mass is 395 g/mol. The summed E-state index contributed by atoms with van der Waals surface area (Å²) in [5.41, 5.74) is 9.27. The van der Waals surface area contributed by atoms with Crippen molar-refractivity contribution in [2.75, 3.05) is 13.1 Å². The van der Waals surface area contributed by atoms with E-state index in [1.54, 1.807) is 12.1 Å². The van der Waals surface area contributed by atoms with E-state index >= 15 is 0 Å². The van der Waals surface area contributed by atoms with Gasteiger partial charge in [0.05, 0.1) is 11.0 Å². The number of benzene rings is 2. The third-order valence-electron chi connectivity index (χ3n) is 5.66. The third-order valence-corrected chi connectivity index (χ3v) is 5.66. The zero-order valence-electron chi connectivity index (χ0n) is 16.6. The number of H-pyrrole nitrogens is 1. The summed E-state index contributed by atoms with van der Waals surface area (Å²) in [6.07, 6.45) is 0.935. The number of rotatable bonds is 5. The maximum absolute atomic E-state index is 13.1. The number of aromatic amines is 1. The quantitative estimate of drug-likeness (QED) is 0.534. The van der Waals surface area contributed by atoms with Gasteiger partial charge >= 0.3 is 0 Å². The molecule has 1 aliphatic heterocycles. The van der Waals surface area contributed by atoms with Gasteiger partial charge in [-0.2, -0.15) is 0 Å². The molecule has 1 fully saturated rings. The third kappa shape index (κ3) is 4.31. The molecule has 152 valence electrons. The highest BCUT2D eigenvalue weighted by Crippen LogP contribution is 2.25.